The Labute approximate surface area is 97.8 Å². The molecule has 1 amide bonds. The largest absolute Gasteiger partial charge is 0.340 e. The van der Waals surface area contributed by atoms with Gasteiger partial charge in [0, 0.05) is 38.1 Å². The molecular formula is C12H23N3O. The Morgan fingerprint density at radius 3 is 2.31 bits per heavy atom. The van der Waals surface area contributed by atoms with Crippen molar-refractivity contribution in [2.75, 3.05) is 32.7 Å². The summed E-state index contributed by atoms with van der Waals surface area (Å²) < 4.78 is 0. The molecule has 0 unspecified atom stereocenters. The molecule has 0 bridgehead atoms. The van der Waals surface area contributed by atoms with Gasteiger partial charge in [-0.1, -0.05) is 6.92 Å². The lowest BCUT2D eigenvalue weighted by atomic mass is 9.75. The third-order valence-corrected chi connectivity index (χ3v) is 4.02. The van der Waals surface area contributed by atoms with Crippen molar-refractivity contribution in [2.24, 2.45) is 5.73 Å². The molecule has 4 nitrogen and oxygen atoms in total. The first-order chi connectivity index (χ1) is 7.63. The fourth-order valence-electron chi connectivity index (χ4n) is 2.53. The number of rotatable bonds is 3. The van der Waals surface area contributed by atoms with Crippen LogP contribution in [0.4, 0.5) is 0 Å². The third kappa shape index (κ3) is 2.55. The van der Waals surface area contributed by atoms with Crippen molar-refractivity contribution in [2.45, 2.75) is 38.1 Å². The molecular weight excluding hydrogens is 202 g/mol. The van der Waals surface area contributed by atoms with Gasteiger partial charge in [0.15, 0.2) is 0 Å². The quantitative estimate of drug-likeness (QED) is 0.757. The number of likely N-dealkylation sites (N-methyl/N-ethyl adjacent to an activating group) is 1. The van der Waals surface area contributed by atoms with Crippen molar-refractivity contribution < 1.29 is 4.79 Å². The molecule has 4 heteroatoms. The van der Waals surface area contributed by atoms with E-state index in [4.69, 9.17) is 5.73 Å². The van der Waals surface area contributed by atoms with E-state index < -0.39 is 0 Å². The molecule has 0 radical (unpaired) electrons. The number of amides is 1. The van der Waals surface area contributed by atoms with Crippen LogP contribution in [0, 0.1) is 0 Å². The monoisotopic (exact) mass is 225 g/mol. The Morgan fingerprint density at radius 1 is 1.25 bits per heavy atom. The van der Waals surface area contributed by atoms with E-state index in [1.165, 1.54) is 6.42 Å². The highest BCUT2D eigenvalue weighted by molar-refractivity contribution is 5.77. The van der Waals surface area contributed by atoms with Crippen LogP contribution in [0.3, 0.4) is 0 Å². The standard InChI is InChI=1S/C12H23N3O/c1-2-14-6-8-15(9-7-14)11(16)10-12(13)4-3-5-12/h2-10,13H2,1H3. The summed E-state index contributed by atoms with van der Waals surface area (Å²) in [5, 5.41) is 0. The zero-order valence-corrected chi connectivity index (χ0v) is 10.2. The number of nitrogens with two attached hydrogens (primary N) is 1. The van der Waals surface area contributed by atoms with Crippen molar-refractivity contribution in [3.8, 4) is 0 Å². The van der Waals surface area contributed by atoms with Crippen LogP contribution >= 0.6 is 0 Å². The van der Waals surface area contributed by atoms with Crippen molar-refractivity contribution in [1.29, 1.82) is 0 Å². The minimum Gasteiger partial charge on any atom is -0.340 e. The van der Waals surface area contributed by atoms with Gasteiger partial charge < -0.3 is 15.5 Å². The summed E-state index contributed by atoms with van der Waals surface area (Å²) in [6.07, 6.45) is 3.79. The van der Waals surface area contributed by atoms with E-state index >= 15 is 0 Å². The Bertz CT molecular complexity index is 255. The molecule has 16 heavy (non-hydrogen) atoms. The highest BCUT2D eigenvalue weighted by Crippen LogP contribution is 2.32. The summed E-state index contributed by atoms with van der Waals surface area (Å²) in [6.45, 7) is 7.04. The fraction of sp³-hybridized carbons (Fsp3) is 0.917. The van der Waals surface area contributed by atoms with Gasteiger partial charge in [-0.2, -0.15) is 0 Å². The Balaban J connectivity index is 1.78. The number of hydrogen-bond acceptors (Lipinski definition) is 3. The molecule has 92 valence electrons. The molecule has 1 aliphatic heterocycles. The number of hydrogen-bond donors (Lipinski definition) is 1. The molecule has 2 N–H and O–H groups in total. The average Bonchev–Trinajstić information content (AvgIpc) is 2.27. The van der Waals surface area contributed by atoms with Crippen LogP contribution in [-0.4, -0.2) is 54.0 Å². The van der Waals surface area contributed by atoms with Gasteiger partial charge in [-0.25, -0.2) is 0 Å². The summed E-state index contributed by atoms with van der Waals surface area (Å²) >= 11 is 0. The zero-order valence-electron chi connectivity index (χ0n) is 10.2. The molecule has 1 heterocycles. The van der Waals surface area contributed by atoms with E-state index in [-0.39, 0.29) is 11.4 Å². The lowest BCUT2D eigenvalue weighted by molar-refractivity contribution is -0.135. The van der Waals surface area contributed by atoms with Crippen LogP contribution in [0.5, 0.6) is 0 Å². The first-order valence-corrected chi connectivity index (χ1v) is 6.42. The van der Waals surface area contributed by atoms with Crippen molar-refractivity contribution >= 4 is 5.91 Å². The fourth-order valence-corrected chi connectivity index (χ4v) is 2.53. The normalized spacial score (nSPS) is 25.2. The van der Waals surface area contributed by atoms with Gasteiger partial charge >= 0.3 is 0 Å². The Kier molecular flexibility index (Phi) is 3.50. The summed E-state index contributed by atoms with van der Waals surface area (Å²) in [5.74, 6) is 0.262. The molecule has 1 saturated carbocycles. The number of nitrogens with zero attached hydrogens (tertiary/aromatic N) is 2. The topological polar surface area (TPSA) is 49.6 Å². The van der Waals surface area contributed by atoms with Crippen LogP contribution in [0.15, 0.2) is 0 Å². The smallest absolute Gasteiger partial charge is 0.224 e. The van der Waals surface area contributed by atoms with E-state index in [0.29, 0.717) is 6.42 Å². The second-order valence-corrected chi connectivity index (χ2v) is 5.21. The zero-order chi connectivity index (χ0) is 11.6. The van der Waals surface area contributed by atoms with Gasteiger partial charge in [-0.15, -0.1) is 0 Å². The summed E-state index contributed by atoms with van der Waals surface area (Å²) in [6, 6.07) is 0. The van der Waals surface area contributed by atoms with Crippen LogP contribution < -0.4 is 5.73 Å². The molecule has 1 saturated heterocycles. The van der Waals surface area contributed by atoms with Crippen molar-refractivity contribution in [1.82, 2.24) is 9.80 Å². The molecule has 2 rings (SSSR count). The third-order valence-electron chi connectivity index (χ3n) is 4.02. The van der Waals surface area contributed by atoms with Crippen LogP contribution in [0.25, 0.3) is 0 Å². The van der Waals surface area contributed by atoms with E-state index in [9.17, 15) is 4.79 Å². The molecule has 2 aliphatic rings. The number of piperazine rings is 1. The maximum Gasteiger partial charge on any atom is 0.224 e. The summed E-state index contributed by atoms with van der Waals surface area (Å²) in [5.41, 5.74) is 5.94. The second-order valence-electron chi connectivity index (χ2n) is 5.21. The highest BCUT2D eigenvalue weighted by Gasteiger charge is 2.36. The minimum atomic E-state index is -0.168. The van der Waals surface area contributed by atoms with Crippen LogP contribution in [0.1, 0.15) is 32.6 Å². The molecule has 1 aliphatic carbocycles. The van der Waals surface area contributed by atoms with Crippen LogP contribution in [0.2, 0.25) is 0 Å². The molecule has 2 fully saturated rings. The van der Waals surface area contributed by atoms with Crippen molar-refractivity contribution in [3.63, 3.8) is 0 Å². The van der Waals surface area contributed by atoms with Crippen LogP contribution in [-0.2, 0) is 4.79 Å². The second kappa shape index (κ2) is 4.72. The van der Waals surface area contributed by atoms with E-state index in [1.807, 2.05) is 4.90 Å². The Morgan fingerprint density at radius 2 is 1.88 bits per heavy atom. The predicted molar refractivity (Wildman–Crippen MR) is 64.1 cm³/mol. The van der Waals surface area contributed by atoms with Gasteiger partial charge in [0.1, 0.15) is 0 Å². The lowest BCUT2D eigenvalue weighted by Crippen LogP contribution is -2.54. The van der Waals surface area contributed by atoms with Gasteiger partial charge in [-0.05, 0) is 25.8 Å². The predicted octanol–water partition coefficient (Wildman–Crippen LogP) is 0.422. The van der Waals surface area contributed by atoms with E-state index in [2.05, 4.69) is 11.8 Å². The van der Waals surface area contributed by atoms with Gasteiger partial charge in [-0.3, -0.25) is 4.79 Å². The first-order valence-electron chi connectivity index (χ1n) is 6.42. The molecule has 0 aromatic rings. The average molecular weight is 225 g/mol. The number of carbonyl (C=O) groups is 1. The molecule has 0 atom stereocenters. The Hall–Kier alpha value is -0.610. The molecule has 0 aromatic heterocycles. The SMILES string of the molecule is CCN1CCN(C(=O)CC2(N)CCC2)CC1. The summed E-state index contributed by atoms with van der Waals surface area (Å²) in [4.78, 5) is 16.4. The minimum absolute atomic E-state index is 0.168. The van der Waals surface area contributed by atoms with E-state index in [0.717, 1.165) is 45.6 Å². The maximum absolute atomic E-state index is 12.0. The van der Waals surface area contributed by atoms with Gasteiger partial charge in [0.25, 0.3) is 0 Å². The maximum atomic E-state index is 12.0. The van der Waals surface area contributed by atoms with Gasteiger partial charge in [0.05, 0.1) is 0 Å². The van der Waals surface area contributed by atoms with E-state index in [1.54, 1.807) is 0 Å². The van der Waals surface area contributed by atoms with Crippen molar-refractivity contribution in [3.05, 3.63) is 0 Å². The lowest BCUT2D eigenvalue weighted by Gasteiger charge is -2.40. The molecule has 0 aromatic carbocycles. The molecule has 0 spiro atoms. The van der Waals surface area contributed by atoms with Gasteiger partial charge in [0.2, 0.25) is 5.91 Å². The summed E-state index contributed by atoms with van der Waals surface area (Å²) in [7, 11) is 0. The highest BCUT2D eigenvalue weighted by atomic mass is 16.2. The number of carbonyl (C=O) groups excluding carboxylic acids is 1. The first kappa shape index (κ1) is 11.9.